The number of halogens is 3. The Morgan fingerprint density at radius 2 is 1.89 bits per heavy atom. The predicted octanol–water partition coefficient (Wildman–Crippen LogP) is 5.19. The molecule has 1 aromatic carbocycles. The largest absolute Gasteiger partial charge is 0.573 e. The molecule has 0 amide bonds. The van der Waals surface area contributed by atoms with E-state index in [1.807, 2.05) is 31.2 Å². The molecule has 0 radical (unpaired) electrons. The van der Waals surface area contributed by atoms with Crippen molar-refractivity contribution < 1.29 is 17.9 Å². The van der Waals surface area contributed by atoms with E-state index in [2.05, 4.69) is 20.8 Å². The molecule has 28 heavy (non-hydrogen) atoms. The third-order valence-electron chi connectivity index (χ3n) is 4.12. The summed E-state index contributed by atoms with van der Waals surface area (Å²) in [5.41, 5.74) is 2.25. The Kier molecular flexibility index (Phi) is 4.62. The first-order valence-electron chi connectivity index (χ1n) is 8.47. The van der Waals surface area contributed by atoms with E-state index < -0.39 is 12.1 Å². The Balaban J connectivity index is 1.88. The van der Waals surface area contributed by atoms with Crippen molar-refractivity contribution in [2.75, 3.05) is 5.75 Å². The highest BCUT2D eigenvalue weighted by Gasteiger charge is 2.31. The average Bonchev–Trinajstić information content (AvgIpc) is 2.96. The van der Waals surface area contributed by atoms with Crippen LogP contribution in [-0.2, 0) is 7.05 Å². The van der Waals surface area contributed by atoms with Crippen LogP contribution in [0.15, 0.2) is 47.5 Å². The lowest BCUT2D eigenvalue weighted by atomic mass is 10.2. The van der Waals surface area contributed by atoms with Crippen LogP contribution in [0.5, 0.6) is 5.75 Å². The number of thioether (sulfide) groups is 1. The first-order valence-corrected chi connectivity index (χ1v) is 9.45. The van der Waals surface area contributed by atoms with Crippen molar-refractivity contribution >= 4 is 33.8 Å². The molecule has 0 spiro atoms. The Morgan fingerprint density at radius 3 is 2.64 bits per heavy atom. The number of rotatable bonds is 4. The van der Waals surface area contributed by atoms with E-state index in [-0.39, 0.29) is 0 Å². The van der Waals surface area contributed by atoms with Gasteiger partial charge in [0.15, 0.2) is 11.5 Å². The lowest BCUT2D eigenvalue weighted by Gasteiger charge is -2.09. The molecule has 0 bridgehead atoms. The van der Waals surface area contributed by atoms with Crippen LogP contribution in [0.2, 0.25) is 0 Å². The molecule has 3 heterocycles. The molecule has 0 aliphatic rings. The highest BCUT2D eigenvalue weighted by molar-refractivity contribution is 7.99. The van der Waals surface area contributed by atoms with Crippen molar-refractivity contribution in [2.45, 2.75) is 18.2 Å². The average molecular weight is 404 g/mol. The van der Waals surface area contributed by atoms with Crippen LogP contribution >= 0.6 is 11.8 Å². The normalized spacial score (nSPS) is 12.0. The second kappa shape index (κ2) is 6.97. The van der Waals surface area contributed by atoms with Crippen LogP contribution in [-0.4, -0.2) is 31.6 Å². The topological polar surface area (TPSA) is 52.8 Å². The summed E-state index contributed by atoms with van der Waals surface area (Å²) in [5.74, 6) is 0.978. The standard InChI is InChI=1S/C19H15F3N4OS/c1-3-28-15-8-11-6-4-5-7-13(11)24-16(15)18-25-14-9-12(27-19(20,21)22)10-23-17(14)26(18)2/h4-10H,3H2,1-2H3. The molecule has 0 saturated carbocycles. The Hall–Kier alpha value is -2.81. The summed E-state index contributed by atoms with van der Waals surface area (Å²) in [5, 5.41) is 1.01. The van der Waals surface area contributed by atoms with Gasteiger partial charge in [-0.15, -0.1) is 24.9 Å². The van der Waals surface area contributed by atoms with Crippen molar-refractivity contribution in [1.29, 1.82) is 0 Å². The Morgan fingerprint density at radius 1 is 1.11 bits per heavy atom. The van der Waals surface area contributed by atoms with E-state index >= 15 is 0 Å². The number of hydrogen-bond donors (Lipinski definition) is 0. The molecule has 5 nitrogen and oxygen atoms in total. The highest BCUT2D eigenvalue weighted by Crippen LogP contribution is 2.34. The maximum Gasteiger partial charge on any atom is 0.573 e. The van der Waals surface area contributed by atoms with E-state index in [0.717, 1.165) is 27.7 Å². The van der Waals surface area contributed by atoms with Gasteiger partial charge in [0.2, 0.25) is 0 Å². The third kappa shape index (κ3) is 3.49. The number of aromatic nitrogens is 4. The fourth-order valence-electron chi connectivity index (χ4n) is 2.98. The molecule has 0 unspecified atom stereocenters. The number of benzene rings is 1. The van der Waals surface area contributed by atoms with Gasteiger partial charge in [-0.2, -0.15) is 0 Å². The van der Waals surface area contributed by atoms with Crippen LogP contribution in [0.4, 0.5) is 13.2 Å². The predicted molar refractivity (Wildman–Crippen MR) is 102 cm³/mol. The molecule has 0 saturated heterocycles. The van der Waals surface area contributed by atoms with Gasteiger partial charge >= 0.3 is 6.36 Å². The van der Waals surface area contributed by atoms with E-state index in [9.17, 15) is 13.2 Å². The molecule has 144 valence electrons. The fourth-order valence-corrected chi connectivity index (χ4v) is 3.78. The summed E-state index contributed by atoms with van der Waals surface area (Å²) < 4.78 is 43.1. The number of nitrogens with zero attached hydrogens (tertiary/aromatic N) is 4. The van der Waals surface area contributed by atoms with Gasteiger partial charge in [-0.05, 0) is 17.9 Å². The molecule has 0 fully saturated rings. The van der Waals surface area contributed by atoms with E-state index in [0.29, 0.717) is 22.7 Å². The molecule has 9 heteroatoms. The zero-order valence-electron chi connectivity index (χ0n) is 15.0. The van der Waals surface area contributed by atoms with Gasteiger partial charge in [-0.25, -0.2) is 15.0 Å². The maximum atomic E-state index is 12.5. The van der Waals surface area contributed by atoms with Gasteiger partial charge in [0, 0.05) is 23.4 Å². The summed E-state index contributed by atoms with van der Waals surface area (Å²) in [6, 6.07) is 11.0. The summed E-state index contributed by atoms with van der Waals surface area (Å²) >= 11 is 1.63. The number of hydrogen-bond acceptors (Lipinski definition) is 5. The van der Waals surface area contributed by atoms with Crippen molar-refractivity contribution in [3.63, 3.8) is 0 Å². The molecule has 0 aliphatic carbocycles. The third-order valence-corrected chi connectivity index (χ3v) is 5.03. The van der Waals surface area contributed by atoms with Gasteiger partial charge in [-0.1, -0.05) is 25.1 Å². The zero-order valence-corrected chi connectivity index (χ0v) is 15.8. The number of para-hydroxylation sites is 1. The summed E-state index contributed by atoms with van der Waals surface area (Å²) in [6.45, 7) is 2.04. The van der Waals surface area contributed by atoms with E-state index in [1.165, 1.54) is 6.07 Å². The van der Waals surface area contributed by atoms with Crippen LogP contribution < -0.4 is 4.74 Å². The van der Waals surface area contributed by atoms with Gasteiger partial charge in [0.05, 0.1) is 11.7 Å². The summed E-state index contributed by atoms with van der Waals surface area (Å²) in [4.78, 5) is 14.3. The quantitative estimate of drug-likeness (QED) is 0.438. The van der Waals surface area contributed by atoms with Crippen LogP contribution in [0, 0.1) is 0 Å². The first kappa shape index (κ1) is 18.5. The van der Waals surface area contributed by atoms with E-state index in [1.54, 1.807) is 23.4 Å². The van der Waals surface area contributed by atoms with Crippen LogP contribution in [0.25, 0.3) is 33.6 Å². The molecular weight excluding hydrogens is 389 g/mol. The summed E-state index contributed by atoms with van der Waals surface area (Å²) in [7, 11) is 1.76. The van der Waals surface area contributed by atoms with Crippen molar-refractivity contribution in [3.8, 4) is 17.3 Å². The van der Waals surface area contributed by atoms with Gasteiger partial charge < -0.3 is 9.30 Å². The van der Waals surface area contributed by atoms with Gasteiger partial charge in [0.25, 0.3) is 0 Å². The van der Waals surface area contributed by atoms with Crippen molar-refractivity contribution in [1.82, 2.24) is 19.5 Å². The number of pyridine rings is 2. The maximum absolute atomic E-state index is 12.5. The Labute approximate surface area is 162 Å². The number of alkyl halides is 3. The van der Waals surface area contributed by atoms with Gasteiger partial charge in [-0.3, -0.25) is 0 Å². The van der Waals surface area contributed by atoms with Gasteiger partial charge in [0.1, 0.15) is 17.0 Å². The van der Waals surface area contributed by atoms with Crippen LogP contribution in [0.1, 0.15) is 6.92 Å². The Bertz CT molecular complexity index is 1170. The summed E-state index contributed by atoms with van der Waals surface area (Å²) in [6.07, 6.45) is -3.74. The molecular formula is C19H15F3N4OS. The second-order valence-corrected chi connectivity index (χ2v) is 7.32. The molecule has 4 aromatic rings. The lowest BCUT2D eigenvalue weighted by Crippen LogP contribution is -2.17. The minimum absolute atomic E-state index is 0.307. The first-order chi connectivity index (χ1) is 13.4. The number of imidazole rings is 1. The smallest absolute Gasteiger partial charge is 0.404 e. The molecule has 3 aromatic heterocycles. The lowest BCUT2D eigenvalue weighted by molar-refractivity contribution is -0.274. The second-order valence-electron chi connectivity index (χ2n) is 6.02. The molecule has 0 N–H and O–H groups in total. The number of ether oxygens (including phenoxy) is 1. The zero-order chi connectivity index (χ0) is 19.9. The van der Waals surface area contributed by atoms with Crippen molar-refractivity contribution in [2.24, 2.45) is 7.05 Å². The molecule has 4 rings (SSSR count). The number of fused-ring (bicyclic) bond motifs is 2. The fraction of sp³-hybridized carbons (Fsp3) is 0.211. The SMILES string of the molecule is CCSc1cc2ccccc2nc1-c1nc2cc(OC(F)(F)F)cnc2n1C. The van der Waals surface area contributed by atoms with Crippen molar-refractivity contribution in [3.05, 3.63) is 42.6 Å². The number of aryl methyl sites for hydroxylation is 1. The molecule has 0 aliphatic heterocycles. The minimum Gasteiger partial charge on any atom is -0.404 e. The van der Waals surface area contributed by atoms with E-state index in [4.69, 9.17) is 4.98 Å². The minimum atomic E-state index is -4.78. The monoisotopic (exact) mass is 404 g/mol. The molecule has 0 atom stereocenters. The highest BCUT2D eigenvalue weighted by atomic mass is 32.2. The van der Waals surface area contributed by atoms with Crippen LogP contribution in [0.3, 0.4) is 0 Å².